The van der Waals surface area contributed by atoms with Gasteiger partial charge in [0.25, 0.3) is 0 Å². The van der Waals surface area contributed by atoms with Crippen LogP contribution >= 0.6 is 0 Å². The molecule has 6 nitrogen and oxygen atoms in total. The maximum absolute atomic E-state index is 12.7. The zero-order valence-corrected chi connectivity index (χ0v) is 12.3. The smallest absolute Gasteiger partial charge is 0.141 e. The summed E-state index contributed by atoms with van der Waals surface area (Å²) < 4.78 is 17.7. The average molecular weight is 308 g/mol. The summed E-state index contributed by atoms with van der Waals surface area (Å²) in [7, 11) is 0. The number of carbonyl (C=O) groups excluding carboxylic acids is 2. The number of rotatable bonds is 0. The summed E-state index contributed by atoms with van der Waals surface area (Å²) in [6, 6.07) is 0. The Hall–Kier alpha value is -0.820. The van der Waals surface area contributed by atoms with Crippen molar-refractivity contribution in [1.29, 1.82) is 0 Å². The molecule has 0 radical (unpaired) electrons. The minimum absolute atomic E-state index is 0.0730. The van der Waals surface area contributed by atoms with E-state index in [-0.39, 0.29) is 30.0 Å². The van der Waals surface area contributed by atoms with E-state index in [1.54, 1.807) is 0 Å². The molecule has 6 heteroatoms. The minimum Gasteiger partial charge on any atom is -0.384 e. The van der Waals surface area contributed by atoms with Gasteiger partial charge in [0.15, 0.2) is 0 Å². The fourth-order valence-electron chi connectivity index (χ4n) is 5.56. The van der Waals surface area contributed by atoms with Crippen LogP contribution in [-0.2, 0) is 23.8 Å². The molecule has 1 N–H and O–H groups in total. The summed E-state index contributed by atoms with van der Waals surface area (Å²) in [5.74, 6) is -0.328. The van der Waals surface area contributed by atoms with Crippen LogP contribution in [0.15, 0.2) is 0 Å². The van der Waals surface area contributed by atoms with Gasteiger partial charge >= 0.3 is 0 Å². The Bertz CT molecular complexity index is 561. The van der Waals surface area contributed by atoms with Gasteiger partial charge in [0.05, 0.1) is 30.8 Å². The molecule has 0 aromatic heterocycles. The fraction of sp³-hybridized carbons (Fsp3) is 0.875. The highest BCUT2D eigenvalue weighted by Crippen LogP contribution is 2.59. The van der Waals surface area contributed by atoms with Gasteiger partial charge in [-0.2, -0.15) is 0 Å². The van der Waals surface area contributed by atoms with E-state index in [0.29, 0.717) is 38.9 Å². The molecule has 5 rings (SSSR count). The second-order valence-electron chi connectivity index (χ2n) is 7.45. The van der Waals surface area contributed by atoms with Crippen LogP contribution in [0.5, 0.6) is 0 Å². The number of Topliss-reactive ketones (excluding diaryl/α,β-unsaturated/α-hetero) is 2. The largest absolute Gasteiger partial charge is 0.384 e. The van der Waals surface area contributed by atoms with E-state index >= 15 is 0 Å². The lowest BCUT2D eigenvalue weighted by atomic mass is 9.62. The number of aliphatic hydroxyl groups is 1. The van der Waals surface area contributed by atoms with Crippen molar-refractivity contribution in [3.05, 3.63) is 0 Å². The standard InChI is InChI=1S/C16H20O6/c17-8-5-9-13-10(18)7-11-15(19,1-3-20-11)14(13)22-16(9)2-4-21-12(16)6-8/h9,11-14,19H,1-7H2/t9-,11+,12+,13+,14+,15-,16+/m0/s1. The Morgan fingerprint density at radius 3 is 2.64 bits per heavy atom. The molecule has 1 spiro atoms. The first-order valence-electron chi connectivity index (χ1n) is 8.22. The highest BCUT2D eigenvalue weighted by molar-refractivity contribution is 5.87. The third-order valence-electron chi connectivity index (χ3n) is 6.58. The van der Waals surface area contributed by atoms with Gasteiger partial charge in [-0.3, -0.25) is 9.59 Å². The predicted octanol–water partition coefficient (Wildman–Crippen LogP) is 0.001000. The van der Waals surface area contributed by atoms with Gasteiger partial charge in [-0.05, 0) is 0 Å². The summed E-state index contributed by atoms with van der Waals surface area (Å²) in [5.41, 5.74) is -1.66. The molecule has 5 fully saturated rings. The fourth-order valence-corrected chi connectivity index (χ4v) is 5.56. The van der Waals surface area contributed by atoms with Crippen molar-refractivity contribution in [1.82, 2.24) is 0 Å². The molecule has 0 unspecified atom stereocenters. The Kier molecular flexibility index (Phi) is 2.58. The maximum atomic E-state index is 12.7. The topological polar surface area (TPSA) is 82.1 Å². The normalized spacial score (nSPS) is 56.5. The van der Waals surface area contributed by atoms with Gasteiger partial charge in [0.2, 0.25) is 0 Å². The summed E-state index contributed by atoms with van der Waals surface area (Å²) >= 11 is 0. The number of hydrogen-bond acceptors (Lipinski definition) is 6. The molecule has 2 saturated carbocycles. The van der Waals surface area contributed by atoms with Crippen LogP contribution in [0.3, 0.4) is 0 Å². The van der Waals surface area contributed by atoms with Crippen molar-refractivity contribution < 1.29 is 28.9 Å². The lowest BCUT2D eigenvalue weighted by Crippen LogP contribution is -2.58. The van der Waals surface area contributed by atoms with Crippen molar-refractivity contribution in [3.8, 4) is 0 Å². The predicted molar refractivity (Wildman–Crippen MR) is 72.1 cm³/mol. The minimum atomic E-state index is -1.10. The lowest BCUT2D eigenvalue weighted by molar-refractivity contribution is -0.193. The highest BCUT2D eigenvalue weighted by atomic mass is 16.6. The van der Waals surface area contributed by atoms with Crippen molar-refractivity contribution in [3.63, 3.8) is 0 Å². The van der Waals surface area contributed by atoms with E-state index in [1.807, 2.05) is 0 Å². The molecular weight excluding hydrogens is 288 g/mol. The van der Waals surface area contributed by atoms with E-state index in [4.69, 9.17) is 14.2 Å². The van der Waals surface area contributed by atoms with Crippen LogP contribution in [0.1, 0.15) is 32.1 Å². The van der Waals surface area contributed by atoms with Gasteiger partial charge in [0.1, 0.15) is 22.8 Å². The summed E-state index contributed by atoms with van der Waals surface area (Å²) in [5, 5.41) is 11.1. The van der Waals surface area contributed by atoms with Crippen molar-refractivity contribution in [2.45, 2.75) is 61.6 Å². The highest BCUT2D eigenvalue weighted by Gasteiger charge is 2.71. The maximum Gasteiger partial charge on any atom is 0.141 e. The molecule has 2 aliphatic carbocycles. The molecule has 0 aromatic rings. The second kappa shape index (κ2) is 4.17. The van der Waals surface area contributed by atoms with E-state index in [0.717, 1.165) is 0 Å². The van der Waals surface area contributed by atoms with Crippen molar-refractivity contribution >= 4 is 11.6 Å². The molecule has 0 aromatic carbocycles. The molecular formula is C16H20O6. The van der Waals surface area contributed by atoms with Crippen LogP contribution in [0.4, 0.5) is 0 Å². The molecule has 120 valence electrons. The van der Waals surface area contributed by atoms with E-state index in [2.05, 4.69) is 0 Å². The summed E-state index contributed by atoms with van der Waals surface area (Å²) in [4.78, 5) is 24.8. The lowest BCUT2D eigenvalue weighted by Gasteiger charge is -2.41. The number of ether oxygens (including phenoxy) is 3. The molecule has 3 heterocycles. The monoisotopic (exact) mass is 308 g/mol. The zero-order valence-electron chi connectivity index (χ0n) is 12.3. The van der Waals surface area contributed by atoms with Gasteiger partial charge in [-0.1, -0.05) is 0 Å². The Morgan fingerprint density at radius 1 is 1.00 bits per heavy atom. The van der Waals surface area contributed by atoms with Gasteiger partial charge in [0, 0.05) is 44.6 Å². The molecule has 7 atom stereocenters. The molecule has 0 bridgehead atoms. The number of carbonyl (C=O) groups is 2. The van der Waals surface area contributed by atoms with E-state index < -0.39 is 29.3 Å². The van der Waals surface area contributed by atoms with Crippen molar-refractivity contribution in [2.24, 2.45) is 11.8 Å². The van der Waals surface area contributed by atoms with Gasteiger partial charge in [-0.25, -0.2) is 0 Å². The Balaban J connectivity index is 1.61. The third kappa shape index (κ3) is 1.45. The summed E-state index contributed by atoms with van der Waals surface area (Å²) in [6.45, 7) is 1.01. The van der Waals surface area contributed by atoms with E-state index in [1.165, 1.54) is 0 Å². The molecule has 3 saturated heterocycles. The number of ketones is 2. The quantitative estimate of drug-likeness (QED) is 0.678. The molecule has 3 aliphatic heterocycles. The first kappa shape index (κ1) is 13.6. The first-order valence-corrected chi connectivity index (χ1v) is 8.22. The number of fused-ring (bicyclic) bond motifs is 4. The van der Waals surface area contributed by atoms with Crippen LogP contribution in [0, 0.1) is 11.8 Å². The van der Waals surface area contributed by atoms with E-state index in [9.17, 15) is 14.7 Å². The summed E-state index contributed by atoms with van der Waals surface area (Å²) in [6.07, 6.45) is 0.882. The zero-order chi connectivity index (χ0) is 15.1. The molecule has 22 heavy (non-hydrogen) atoms. The van der Waals surface area contributed by atoms with Crippen LogP contribution in [0.2, 0.25) is 0 Å². The van der Waals surface area contributed by atoms with Crippen molar-refractivity contribution in [2.75, 3.05) is 13.2 Å². The third-order valence-corrected chi connectivity index (χ3v) is 6.58. The van der Waals surface area contributed by atoms with Crippen LogP contribution in [0.25, 0.3) is 0 Å². The number of hydrogen-bond donors (Lipinski definition) is 1. The van der Waals surface area contributed by atoms with Crippen LogP contribution in [-0.4, -0.2) is 59.4 Å². The van der Waals surface area contributed by atoms with Gasteiger partial charge < -0.3 is 19.3 Å². The first-order chi connectivity index (χ1) is 10.5. The van der Waals surface area contributed by atoms with Crippen LogP contribution < -0.4 is 0 Å². The average Bonchev–Trinajstić information content (AvgIpc) is 3.12. The SMILES string of the molecule is O=C1C[C@H]2OCC[C@]23O[C@@H]2[C@@H](C(=O)C[C@H]4OCC[C@@]24O)[C@@H]3C1. The molecule has 0 amide bonds. The Morgan fingerprint density at radius 2 is 1.77 bits per heavy atom. The second-order valence-corrected chi connectivity index (χ2v) is 7.45. The Labute approximate surface area is 128 Å². The molecule has 5 aliphatic rings. The van der Waals surface area contributed by atoms with Gasteiger partial charge in [-0.15, -0.1) is 0 Å².